The van der Waals surface area contributed by atoms with Gasteiger partial charge < -0.3 is 5.11 Å². The smallest absolute Gasteiger partial charge is 0.0653 e. The normalized spacial score (nSPS) is 14.2. The summed E-state index contributed by atoms with van der Waals surface area (Å²) in [7, 11) is 0. The molecule has 0 spiro atoms. The van der Waals surface area contributed by atoms with Crippen molar-refractivity contribution < 1.29 is 5.11 Å². The molecule has 140 valence electrons. The van der Waals surface area contributed by atoms with Crippen molar-refractivity contribution in [1.29, 1.82) is 0 Å². The topological polar surface area (TPSA) is 23.5 Å². The van der Waals surface area contributed by atoms with Gasteiger partial charge in [-0.25, -0.2) is 0 Å². The first-order chi connectivity index (χ1) is 12.4. The van der Waals surface area contributed by atoms with Crippen molar-refractivity contribution in [1.82, 2.24) is 4.90 Å². The fraction of sp³-hybridized carbons (Fsp3) is 0.417. The molecule has 0 heterocycles. The molecule has 2 rings (SSSR count). The molecule has 0 aromatic heterocycles. The van der Waals surface area contributed by atoms with Crippen molar-refractivity contribution in [2.75, 3.05) is 0 Å². The second-order valence-electron chi connectivity index (χ2n) is 7.80. The van der Waals surface area contributed by atoms with Gasteiger partial charge in [-0.15, -0.1) is 6.58 Å². The molecule has 1 N–H and O–H groups in total. The molecular formula is C24H33NO. The Kier molecular flexibility index (Phi) is 7.62. The zero-order chi connectivity index (χ0) is 19.0. The van der Waals surface area contributed by atoms with E-state index in [1.54, 1.807) is 0 Å². The van der Waals surface area contributed by atoms with Gasteiger partial charge in [0.05, 0.1) is 5.60 Å². The van der Waals surface area contributed by atoms with E-state index < -0.39 is 5.60 Å². The van der Waals surface area contributed by atoms with E-state index in [1.165, 1.54) is 11.1 Å². The van der Waals surface area contributed by atoms with Gasteiger partial charge in [-0.3, -0.25) is 4.90 Å². The minimum Gasteiger partial charge on any atom is -0.390 e. The van der Waals surface area contributed by atoms with Gasteiger partial charge in [0.2, 0.25) is 0 Å². The first-order valence-electron chi connectivity index (χ1n) is 9.57. The lowest BCUT2D eigenvalue weighted by atomic mass is 9.86. The Bertz CT molecular complexity index is 603. The lowest BCUT2D eigenvalue weighted by Crippen LogP contribution is -2.35. The van der Waals surface area contributed by atoms with Gasteiger partial charge in [-0.2, -0.15) is 0 Å². The van der Waals surface area contributed by atoms with Crippen LogP contribution in [0, 0.1) is 5.92 Å². The SMILES string of the molecule is C=C[C@H](CC[C@@H](C)N(Cc1ccccc1)Cc1ccccc1)C(C)(C)O. The van der Waals surface area contributed by atoms with Crippen LogP contribution in [0.15, 0.2) is 73.3 Å². The van der Waals surface area contributed by atoms with E-state index in [1.807, 2.05) is 19.9 Å². The molecule has 2 aromatic rings. The summed E-state index contributed by atoms with van der Waals surface area (Å²) in [4.78, 5) is 2.52. The lowest BCUT2D eigenvalue weighted by Gasteiger charge is -2.32. The fourth-order valence-electron chi connectivity index (χ4n) is 3.37. The maximum atomic E-state index is 10.3. The largest absolute Gasteiger partial charge is 0.390 e. The molecule has 0 unspecified atom stereocenters. The number of hydrogen-bond acceptors (Lipinski definition) is 2. The molecule has 2 nitrogen and oxygen atoms in total. The molecule has 0 saturated heterocycles. The van der Waals surface area contributed by atoms with E-state index in [2.05, 4.69) is 79.1 Å². The standard InChI is InChI=1S/C24H33NO/c1-5-23(24(3,4)26)17-16-20(2)25(18-21-12-8-6-9-13-21)19-22-14-10-7-11-15-22/h5-15,20,23,26H,1,16-19H2,2-4H3/t20-,23-/m1/s1. The Balaban J connectivity index is 2.07. The summed E-state index contributed by atoms with van der Waals surface area (Å²) in [5.74, 6) is 0.111. The average molecular weight is 352 g/mol. The summed E-state index contributed by atoms with van der Waals surface area (Å²) < 4.78 is 0. The first kappa shape index (κ1) is 20.4. The summed E-state index contributed by atoms with van der Waals surface area (Å²) in [5.41, 5.74) is 1.95. The summed E-state index contributed by atoms with van der Waals surface area (Å²) in [5, 5.41) is 10.3. The molecule has 2 aromatic carbocycles. The average Bonchev–Trinajstić information content (AvgIpc) is 2.62. The van der Waals surface area contributed by atoms with Crippen LogP contribution >= 0.6 is 0 Å². The molecule has 2 heteroatoms. The number of hydrogen-bond donors (Lipinski definition) is 1. The highest BCUT2D eigenvalue weighted by atomic mass is 16.3. The Labute approximate surface area is 159 Å². The maximum absolute atomic E-state index is 10.3. The van der Waals surface area contributed by atoms with Crippen LogP contribution in [0.25, 0.3) is 0 Å². The highest BCUT2D eigenvalue weighted by Gasteiger charge is 2.25. The van der Waals surface area contributed by atoms with Crippen LogP contribution in [0.5, 0.6) is 0 Å². The van der Waals surface area contributed by atoms with Crippen molar-refractivity contribution in [2.45, 2.75) is 58.3 Å². The molecule has 0 amide bonds. The number of benzene rings is 2. The predicted molar refractivity (Wildman–Crippen MR) is 111 cm³/mol. The van der Waals surface area contributed by atoms with Crippen molar-refractivity contribution in [3.63, 3.8) is 0 Å². The Morgan fingerprint density at radius 3 is 1.77 bits per heavy atom. The van der Waals surface area contributed by atoms with E-state index >= 15 is 0 Å². The Hall–Kier alpha value is -1.90. The predicted octanol–water partition coefficient (Wildman–Crippen LogP) is 5.43. The molecule has 0 aliphatic carbocycles. The zero-order valence-corrected chi connectivity index (χ0v) is 16.4. The van der Waals surface area contributed by atoms with Crippen molar-refractivity contribution in [2.24, 2.45) is 5.92 Å². The van der Waals surface area contributed by atoms with Crippen molar-refractivity contribution in [3.8, 4) is 0 Å². The molecule has 0 fully saturated rings. The molecule has 0 aliphatic heterocycles. The van der Waals surface area contributed by atoms with E-state index in [0.29, 0.717) is 6.04 Å². The molecule has 0 radical (unpaired) electrons. The molecule has 0 aliphatic rings. The molecule has 0 saturated carbocycles. The van der Waals surface area contributed by atoms with Gasteiger partial charge in [0.15, 0.2) is 0 Å². The number of aliphatic hydroxyl groups is 1. The highest BCUT2D eigenvalue weighted by molar-refractivity contribution is 5.17. The van der Waals surface area contributed by atoms with Gasteiger partial charge in [-0.1, -0.05) is 66.7 Å². The number of nitrogens with zero attached hydrogens (tertiary/aromatic N) is 1. The Morgan fingerprint density at radius 2 is 1.38 bits per heavy atom. The summed E-state index contributed by atoms with van der Waals surface area (Å²) in [6.07, 6.45) is 3.86. The lowest BCUT2D eigenvalue weighted by molar-refractivity contribution is 0.0293. The van der Waals surface area contributed by atoms with E-state index in [9.17, 15) is 5.11 Å². The minimum atomic E-state index is -0.717. The molecular weight excluding hydrogens is 318 g/mol. The van der Waals surface area contributed by atoms with Crippen LogP contribution in [0.2, 0.25) is 0 Å². The third-order valence-electron chi connectivity index (χ3n) is 5.17. The summed E-state index contributed by atoms with van der Waals surface area (Å²) >= 11 is 0. The van der Waals surface area contributed by atoms with Crippen molar-refractivity contribution >= 4 is 0 Å². The van der Waals surface area contributed by atoms with E-state index in [0.717, 1.165) is 25.9 Å². The summed E-state index contributed by atoms with van der Waals surface area (Å²) in [6.45, 7) is 11.8. The second kappa shape index (κ2) is 9.70. The maximum Gasteiger partial charge on any atom is 0.0653 e. The fourth-order valence-corrected chi connectivity index (χ4v) is 3.37. The molecule has 0 bridgehead atoms. The van der Waals surface area contributed by atoms with Crippen LogP contribution in [0.3, 0.4) is 0 Å². The second-order valence-corrected chi connectivity index (χ2v) is 7.80. The monoisotopic (exact) mass is 351 g/mol. The van der Waals surface area contributed by atoms with Gasteiger partial charge in [0, 0.05) is 25.0 Å². The third kappa shape index (κ3) is 6.44. The van der Waals surface area contributed by atoms with E-state index in [-0.39, 0.29) is 5.92 Å². The summed E-state index contributed by atoms with van der Waals surface area (Å²) in [6, 6.07) is 21.7. The first-order valence-corrected chi connectivity index (χ1v) is 9.57. The minimum absolute atomic E-state index is 0.111. The van der Waals surface area contributed by atoms with Crippen LogP contribution in [-0.4, -0.2) is 21.6 Å². The molecule has 26 heavy (non-hydrogen) atoms. The van der Waals surface area contributed by atoms with Crippen LogP contribution in [0.4, 0.5) is 0 Å². The zero-order valence-electron chi connectivity index (χ0n) is 16.4. The van der Waals surface area contributed by atoms with Gasteiger partial charge in [-0.05, 0) is 44.7 Å². The van der Waals surface area contributed by atoms with Gasteiger partial charge >= 0.3 is 0 Å². The highest BCUT2D eigenvalue weighted by Crippen LogP contribution is 2.25. The third-order valence-corrected chi connectivity index (χ3v) is 5.17. The van der Waals surface area contributed by atoms with Crippen LogP contribution in [0.1, 0.15) is 44.7 Å². The van der Waals surface area contributed by atoms with Gasteiger partial charge in [0.1, 0.15) is 0 Å². The van der Waals surface area contributed by atoms with Crippen LogP contribution in [-0.2, 0) is 13.1 Å². The number of rotatable bonds is 10. The van der Waals surface area contributed by atoms with Crippen LogP contribution < -0.4 is 0 Å². The van der Waals surface area contributed by atoms with Gasteiger partial charge in [0.25, 0.3) is 0 Å². The Morgan fingerprint density at radius 1 is 0.923 bits per heavy atom. The molecule has 2 atom stereocenters. The van der Waals surface area contributed by atoms with E-state index in [4.69, 9.17) is 0 Å². The van der Waals surface area contributed by atoms with Crippen molar-refractivity contribution in [3.05, 3.63) is 84.4 Å². The quantitative estimate of drug-likeness (QED) is 0.577.